The average molecular weight is 509 g/mol. The highest BCUT2D eigenvalue weighted by atomic mass is 32.1. The molecule has 0 aliphatic heterocycles. The fourth-order valence-corrected chi connectivity index (χ4v) is 4.37. The zero-order chi connectivity index (χ0) is 25.6. The van der Waals surface area contributed by atoms with Crippen molar-refractivity contribution in [2.75, 3.05) is 0 Å². The Morgan fingerprint density at radius 1 is 0.889 bits per heavy atom. The second-order valence-corrected chi connectivity index (χ2v) is 9.94. The fraction of sp³-hybridized carbons (Fsp3) is 0.393. The Kier molecular flexibility index (Phi) is 11.2. The van der Waals surface area contributed by atoms with Crippen LogP contribution in [0.4, 0.5) is 9.59 Å². The van der Waals surface area contributed by atoms with E-state index < -0.39 is 6.09 Å². The molecular weight excluding hydrogens is 472 g/mol. The van der Waals surface area contributed by atoms with Crippen molar-refractivity contribution in [1.82, 2.24) is 20.9 Å². The summed E-state index contributed by atoms with van der Waals surface area (Å²) < 4.78 is 5.42. The lowest BCUT2D eigenvalue weighted by atomic mass is 9.96. The smallest absolute Gasteiger partial charge is 0.407 e. The van der Waals surface area contributed by atoms with Crippen LogP contribution in [0.1, 0.15) is 49.1 Å². The van der Waals surface area contributed by atoms with E-state index >= 15 is 0 Å². The monoisotopic (exact) mass is 508 g/mol. The van der Waals surface area contributed by atoms with E-state index in [0.29, 0.717) is 25.7 Å². The number of carbonyl (C=O) groups is 2. The number of urea groups is 1. The number of thiazole rings is 1. The molecule has 0 aliphatic rings. The van der Waals surface area contributed by atoms with Crippen molar-refractivity contribution in [1.29, 1.82) is 0 Å². The standard InChI is InChI=1S/C28H36N4O3S/c1-3-21(2)30-27(33)31-24(16-22-10-6-4-7-11-22)14-15-25(17-23-12-8-5-9-13-23)32-28(34)35-19-26-18-29-20-36-26/h4-13,18,20-21,24-25H,3,14-17,19H2,1-2H3,(H,32,34)(H2,30,31,33). The van der Waals surface area contributed by atoms with Crippen LogP contribution in [0.3, 0.4) is 0 Å². The first-order valence-electron chi connectivity index (χ1n) is 12.5. The van der Waals surface area contributed by atoms with Crippen molar-refractivity contribution in [3.8, 4) is 0 Å². The summed E-state index contributed by atoms with van der Waals surface area (Å²) in [6.07, 6.45) is 4.89. The molecule has 0 saturated carbocycles. The topological polar surface area (TPSA) is 92.4 Å². The molecule has 0 spiro atoms. The summed E-state index contributed by atoms with van der Waals surface area (Å²) in [5, 5.41) is 9.18. The van der Waals surface area contributed by atoms with Crippen molar-refractivity contribution >= 4 is 23.5 Å². The molecule has 1 heterocycles. The van der Waals surface area contributed by atoms with Crippen LogP contribution in [-0.2, 0) is 24.2 Å². The number of benzene rings is 2. The van der Waals surface area contributed by atoms with Crippen LogP contribution in [0, 0.1) is 0 Å². The number of ether oxygens (including phenoxy) is 1. The lowest BCUT2D eigenvalue weighted by Gasteiger charge is -2.24. The van der Waals surface area contributed by atoms with Gasteiger partial charge < -0.3 is 20.7 Å². The van der Waals surface area contributed by atoms with Crippen LogP contribution in [-0.4, -0.2) is 35.2 Å². The van der Waals surface area contributed by atoms with Gasteiger partial charge in [0.05, 0.1) is 10.4 Å². The van der Waals surface area contributed by atoms with Crippen LogP contribution < -0.4 is 16.0 Å². The van der Waals surface area contributed by atoms with Crippen molar-refractivity contribution < 1.29 is 14.3 Å². The Labute approximate surface area is 217 Å². The fourth-order valence-electron chi connectivity index (χ4n) is 3.86. The molecule has 2 aromatic carbocycles. The van der Waals surface area contributed by atoms with E-state index in [-0.39, 0.29) is 30.8 Å². The molecule has 3 amide bonds. The molecule has 8 heteroatoms. The van der Waals surface area contributed by atoms with E-state index in [1.807, 2.05) is 50.2 Å². The van der Waals surface area contributed by atoms with Crippen molar-refractivity contribution in [2.45, 2.75) is 70.7 Å². The van der Waals surface area contributed by atoms with Gasteiger partial charge >= 0.3 is 12.1 Å². The summed E-state index contributed by atoms with van der Waals surface area (Å²) in [5.41, 5.74) is 4.00. The average Bonchev–Trinajstić information content (AvgIpc) is 3.41. The molecule has 1 aromatic heterocycles. The van der Waals surface area contributed by atoms with Gasteiger partial charge in [-0.3, -0.25) is 4.98 Å². The molecule has 3 N–H and O–H groups in total. The minimum atomic E-state index is -0.452. The molecule has 3 rings (SSSR count). The second kappa shape index (κ2) is 14.9. The number of nitrogens with zero attached hydrogens (tertiary/aromatic N) is 1. The zero-order valence-corrected chi connectivity index (χ0v) is 21.8. The molecule has 192 valence electrons. The van der Waals surface area contributed by atoms with E-state index in [1.54, 1.807) is 11.7 Å². The molecule has 3 atom stereocenters. The van der Waals surface area contributed by atoms with Gasteiger partial charge in [0, 0.05) is 24.3 Å². The predicted molar refractivity (Wildman–Crippen MR) is 144 cm³/mol. The van der Waals surface area contributed by atoms with Crippen LogP contribution in [0.2, 0.25) is 0 Å². The third kappa shape index (κ3) is 10.1. The second-order valence-electron chi connectivity index (χ2n) is 8.97. The molecule has 0 bridgehead atoms. The van der Waals surface area contributed by atoms with Gasteiger partial charge in [-0.05, 0) is 50.2 Å². The van der Waals surface area contributed by atoms with Crippen LogP contribution in [0.15, 0.2) is 72.4 Å². The number of amides is 3. The zero-order valence-electron chi connectivity index (χ0n) is 21.0. The van der Waals surface area contributed by atoms with Crippen LogP contribution in [0.25, 0.3) is 0 Å². The summed E-state index contributed by atoms with van der Waals surface area (Å²) in [7, 11) is 0. The van der Waals surface area contributed by atoms with E-state index in [9.17, 15) is 9.59 Å². The van der Waals surface area contributed by atoms with Gasteiger partial charge in [-0.2, -0.15) is 0 Å². The van der Waals surface area contributed by atoms with E-state index in [0.717, 1.165) is 22.4 Å². The minimum absolute atomic E-state index is 0.0789. The highest BCUT2D eigenvalue weighted by Crippen LogP contribution is 2.14. The van der Waals surface area contributed by atoms with E-state index in [2.05, 4.69) is 45.2 Å². The first kappa shape index (κ1) is 27.2. The highest BCUT2D eigenvalue weighted by Gasteiger charge is 2.20. The quantitative estimate of drug-likeness (QED) is 0.285. The van der Waals surface area contributed by atoms with Crippen molar-refractivity contribution in [3.05, 3.63) is 88.4 Å². The number of hydrogen-bond acceptors (Lipinski definition) is 5. The Balaban J connectivity index is 1.64. The normalized spacial score (nSPS) is 13.3. The molecule has 0 saturated heterocycles. The lowest BCUT2D eigenvalue weighted by molar-refractivity contribution is 0.135. The van der Waals surface area contributed by atoms with Crippen LogP contribution in [0.5, 0.6) is 0 Å². The summed E-state index contributed by atoms with van der Waals surface area (Å²) in [6, 6.07) is 19.9. The number of carbonyl (C=O) groups excluding carboxylic acids is 2. The van der Waals surface area contributed by atoms with Gasteiger partial charge in [0.25, 0.3) is 0 Å². The molecule has 36 heavy (non-hydrogen) atoms. The highest BCUT2D eigenvalue weighted by molar-refractivity contribution is 7.09. The Morgan fingerprint density at radius 3 is 2.00 bits per heavy atom. The molecule has 0 radical (unpaired) electrons. The third-order valence-corrected chi connectivity index (χ3v) is 6.74. The molecular formula is C28H36N4O3S. The maximum Gasteiger partial charge on any atom is 0.407 e. The summed E-state index contributed by atoms with van der Waals surface area (Å²) in [5.74, 6) is 0. The number of nitrogens with one attached hydrogen (secondary N) is 3. The maximum absolute atomic E-state index is 12.6. The van der Waals surface area contributed by atoms with Gasteiger partial charge in [-0.1, -0.05) is 67.6 Å². The summed E-state index contributed by atoms with van der Waals surface area (Å²) in [6.45, 7) is 4.23. The van der Waals surface area contributed by atoms with Crippen molar-refractivity contribution in [2.24, 2.45) is 0 Å². The summed E-state index contributed by atoms with van der Waals surface area (Å²) in [4.78, 5) is 30.1. The molecule has 0 fully saturated rings. The van der Waals surface area contributed by atoms with E-state index in [4.69, 9.17) is 4.74 Å². The maximum atomic E-state index is 12.6. The first-order chi connectivity index (χ1) is 17.5. The lowest BCUT2D eigenvalue weighted by Crippen LogP contribution is -2.47. The SMILES string of the molecule is CCC(C)NC(=O)NC(CCC(Cc1ccccc1)NC(=O)OCc1cncs1)Cc1ccccc1. The largest absolute Gasteiger partial charge is 0.444 e. The Hall–Kier alpha value is -3.39. The van der Waals surface area contributed by atoms with Gasteiger partial charge in [0.2, 0.25) is 0 Å². The molecule has 3 unspecified atom stereocenters. The minimum Gasteiger partial charge on any atom is -0.444 e. The van der Waals surface area contributed by atoms with Gasteiger partial charge in [-0.15, -0.1) is 11.3 Å². The van der Waals surface area contributed by atoms with Crippen molar-refractivity contribution in [3.63, 3.8) is 0 Å². The summed E-state index contributed by atoms with van der Waals surface area (Å²) >= 11 is 1.45. The number of alkyl carbamates (subject to hydrolysis) is 1. The number of aromatic nitrogens is 1. The van der Waals surface area contributed by atoms with Gasteiger partial charge in [0.15, 0.2) is 0 Å². The third-order valence-electron chi connectivity index (χ3n) is 5.99. The predicted octanol–water partition coefficient (Wildman–Crippen LogP) is 5.47. The number of hydrogen-bond donors (Lipinski definition) is 3. The molecule has 0 aliphatic carbocycles. The van der Waals surface area contributed by atoms with Gasteiger partial charge in [0.1, 0.15) is 6.61 Å². The van der Waals surface area contributed by atoms with Gasteiger partial charge in [-0.25, -0.2) is 9.59 Å². The Morgan fingerprint density at radius 2 is 1.47 bits per heavy atom. The number of rotatable bonds is 13. The van der Waals surface area contributed by atoms with E-state index in [1.165, 1.54) is 11.3 Å². The molecule has 3 aromatic rings. The Bertz CT molecular complexity index is 1030. The van der Waals surface area contributed by atoms with Crippen LogP contribution >= 0.6 is 11.3 Å². The first-order valence-corrected chi connectivity index (χ1v) is 13.3. The molecule has 7 nitrogen and oxygen atoms in total.